The van der Waals surface area contributed by atoms with E-state index in [1.165, 1.54) is 60.5 Å². The lowest BCUT2D eigenvalue weighted by molar-refractivity contribution is 0.00490. The van der Waals surface area contributed by atoms with Gasteiger partial charge in [-0.05, 0) is 44.2 Å². The first-order chi connectivity index (χ1) is 7.28. The van der Waals surface area contributed by atoms with Gasteiger partial charge in [0.1, 0.15) is 0 Å². The van der Waals surface area contributed by atoms with Crippen molar-refractivity contribution in [1.82, 2.24) is 15.4 Å². The normalized spacial score (nSPS) is 28.3. The molecule has 0 aliphatic carbocycles. The van der Waals surface area contributed by atoms with Crippen LogP contribution in [0.3, 0.4) is 0 Å². The van der Waals surface area contributed by atoms with Gasteiger partial charge in [-0.15, -0.1) is 0 Å². The largest absolute Gasteiger partial charge is 0.317 e. The van der Waals surface area contributed by atoms with Crippen LogP contribution in [0.2, 0.25) is 0 Å². The molecule has 0 bridgehead atoms. The maximum atomic E-state index is 5.52. The van der Waals surface area contributed by atoms with Crippen LogP contribution in [0.15, 0.2) is 0 Å². The van der Waals surface area contributed by atoms with Crippen LogP contribution in [-0.4, -0.2) is 57.8 Å². The van der Waals surface area contributed by atoms with Crippen molar-refractivity contribution in [3.63, 3.8) is 0 Å². The van der Waals surface area contributed by atoms with Crippen molar-refractivity contribution < 1.29 is 0 Å². The van der Waals surface area contributed by atoms with Crippen LogP contribution in [0.1, 0.15) is 25.7 Å². The van der Waals surface area contributed by atoms with Gasteiger partial charge >= 0.3 is 0 Å². The fourth-order valence-corrected chi connectivity index (χ4v) is 3.70. The van der Waals surface area contributed by atoms with E-state index in [2.05, 4.69) is 15.4 Å². The topological polar surface area (TPSA) is 44.5 Å². The first-order valence-electron chi connectivity index (χ1n) is 6.21. The van der Waals surface area contributed by atoms with E-state index in [0.717, 1.165) is 13.1 Å². The number of nitrogens with two attached hydrogens (primary N) is 1. The van der Waals surface area contributed by atoms with E-state index >= 15 is 0 Å². The van der Waals surface area contributed by atoms with E-state index in [1.54, 1.807) is 0 Å². The molecule has 4 nitrogen and oxygen atoms in total. The molecule has 0 saturated carbocycles. The Labute approximate surface area is 101 Å². The molecule has 0 radical (unpaired) electrons. The molecule has 0 aromatic rings. The smallest absolute Gasteiger partial charge is 0.234 e. The number of nitrogens with zero attached hydrogens (tertiary/aromatic N) is 2. The Kier molecular flexibility index (Phi) is 4.06. The van der Waals surface area contributed by atoms with Gasteiger partial charge in [-0.1, -0.05) is 5.41 Å². The van der Waals surface area contributed by atoms with Crippen LogP contribution < -0.4 is 11.4 Å². The van der Waals surface area contributed by atoms with Crippen LogP contribution in [0.5, 0.6) is 0 Å². The van der Waals surface area contributed by atoms with Gasteiger partial charge in [0, 0.05) is 13.1 Å². The van der Waals surface area contributed by atoms with Gasteiger partial charge in [0.05, 0.1) is 0 Å². The molecule has 5 heteroatoms. The fourth-order valence-electron chi connectivity index (χ4n) is 3.07. The average molecular weight is 226 g/mol. The molecule has 15 heavy (non-hydrogen) atoms. The minimum atomic E-state index is 0.567. The summed E-state index contributed by atoms with van der Waals surface area (Å²) in [6.45, 7) is 4.88. The fraction of sp³-hybridized carbons (Fsp3) is 1.00. The maximum absolute atomic E-state index is 5.52. The molecule has 2 rings (SSSR count). The Morgan fingerprint density at radius 2 is 1.93 bits per heavy atom. The molecule has 2 fully saturated rings. The van der Waals surface area contributed by atoms with Gasteiger partial charge in [0.15, 0.2) is 0 Å². The quantitative estimate of drug-likeness (QED) is 0.365. The first-order valence-corrected chi connectivity index (χ1v) is 7.63. The molecule has 2 saturated heterocycles. The van der Waals surface area contributed by atoms with Gasteiger partial charge in [0.2, 0.25) is 16.3 Å². The standard InChI is InChI=1S/C10H21N4.Al.2H/c1-13-7-4-10(5-8-13)3-2-6-14(9-10)12-11;;;/h12H,1-9,11H2;;;. The van der Waals surface area contributed by atoms with Crippen LogP contribution in [0.25, 0.3) is 0 Å². The number of hydrogen-bond donors (Lipinski definition) is 2. The molecule has 1 spiro atoms. The highest BCUT2D eigenvalue weighted by Crippen LogP contribution is 2.38. The number of hydrazine groups is 2. The van der Waals surface area contributed by atoms with E-state index in [4.69, 9.17) is 5.84 Å². The van der Waals surface area contributed by atoms with E-state index < -0.39 is 0 Å². The summed E-state index contributed by atoms with van der Waals surface area (Å²) in [5, 5.41) is 3.54. The summed E-state index contributed by atoms with van der Waals surface area (Å²) < 4.78 is 0. The van der Waals surface area contributed by atoms with E-state index in [1.807, 2.05) is 0 Å². The third-order valence-corrected chi connectivity index (χ3v) is 5.10. The lowest BCUT2D eigenvalue weighted by Crippen LogP contribution is -2.55. The zero-order valence-corrected chi connectivity index (χ0v) is 11.8. The summed E-state index contributed by atoms with van der Waals surface area (Å²) in [7, 11) is 0. The molecular formula is C10H23AlN4. The second-order valence-corrected chi connectivity index (χ2v) is 5.72. The monoisotopic (exact) mass is 226 g/mol. The second kappa shape index (κ2) is 5.13. The number of likely N-dealkylation sites (tertiary alicyclic amines) is 1. The molecule has 0 atom stereocenters. The minimum Gasteiger partial charge on any atom is -0.317 e. The summed E-state index contributed by atoms with van der Waals surface area (Å²) in [6, 6.07) is 0. The van der Waals surface area contributed by atoms with Crippen LogP contribution >= 0.6 is 0 Å². The number of rotatable bonds is 2. The van der Waals surface area contributed by atoms with E-state index in [-0.39, 0.29) is 0 Å². The summed E-state index contributed by atoms with van der Waals surface area (Å²) >= 11 is 1.31. The van der Waals surface area contributed by atoms with E-state index in [9.17, 15) is 0 Å². The molecule has 3 N–H and O–H groups in total. The molecule has 0 amide bonds. The number of piperidine rings is 2. The molecular weight excluding hydrogens is 203 g/mol. The average Bonchev–Trinajstić information content (AvgIpc) is 2.30. The Hall–Kier alpha value is 0.372. The Morgan fingerprint density at radius 1 is 1.20 bits per heavy atom. The molecule has 2 aliphatic rings. The summed E-state index contributed by atoms with van der Waals surface area (Å²) in [6.07, 6.45) is 5.44. The lowest BCUT2D eigenvalue weighted by atomic mass is 9.73. The summed E-state index contributed by atoms with van der Waals surface area (Å²) in [5.41, 5.74) is 3.39. The van der Waals surface area contributed by atoms with Crippen LogP contribution in [0, 0.1) is 5.41 Å². The van der Waals surface area contributed by atoms with Crippen molar-refractivity contribution in [2.24, 2.45) is 11.3 Å². The van der Waals surface area contributed by atoms with Crippen molar-refractivity contribution in [3.8, 4) is 0 Å². The predicted octanol–water partition coefficient (Wildman–Crippen LogP) is -0.867. The second-order valence-electron chi connectivity index (χ2n) is 5.09. The third-order valence-electron chi connectivity index (χ3n) is 4.21. The van der Waals surface area contributed by atoms with Gasteiger partial charge in [-0.2, -0.15) is 5.53 Å². The van der Waals surface area contributed by atoms with Crippen LogP contribution in [0.4, 0.5) is 0 Å². The van der Waals surface area contributed by atoms with Crippen molar-refractivity contribution in [1.29, 1.82) is 0 Å². The molecule has 86 valence electrons. The highest BCUT2D eigenvalue weighted by Gasteiger charge is 2.37. The van der Waals surface area contributed by atoms with E-state index in [0.29, 0.717) is 5.41 Å². The minimum absolute atomic E-state index is 0.567. The highest BCUT2D eigenvalue weighted by molar-refractivity contribution is 6.08. The van der Waals surface area contributed by atoms with Gasteiger partial charge in [-0.25, -0.2) is 5.01 Å². The van der Waals surface area contributed by atoms with Crippen molar-refractivity contribution >= 4 is 16.3 Å². The lowest BCUT2D eigenvalue weighted by Gasteiger charge is -2.47. The molecule has 0 aromatic carbocycles. The summed E-state index contributed by atoms with van der Waals surface area (Å²) in [5.74, 6) is 5.52. The van der Waals surface area contributed by atoms with Gasteiger partial charge < -0.3 is 4.90 Å². The van der Waals surface area contributed by atoms with Crippen LogP contribution in [-0.2, 0) is 0 Å². The third kappa shape index (κ3) is 2.73. The Morgan fingerprint density at radius 3 is 2.53 bits per heavy atom. The summed E-state index contributed by atoms with van der Waals surface area (Å²) in [4.78, 5) is 2.62. The SMILES string of the molecule is NNN1CCCC2(CCN([CH2][AlH2])CC2)C1. The molecule has 2 aliphatic heterocycles. The highest BCUT2D eigenvalue weighted by atomic mass is 27.0. The van der Waals surface area contributed by atoms with Crippen molar-refractivity contribution in [3.05, 3.63) is 0 Å². The molecule has 0 unspecified atom stereocenters. The van der Waals surface area contributed by atoms with Crippen molar-refractivity contribution in [2.75, 3.05) is 31.6 Å². The predicted molar refractivity (Wildman–Crippen MR) is 64.8 cm³/mol. The molecule has 2 heterocycles. The first kappa shape index (κ1) is 11.8. The number of hydrogen-bond acceptors (Lipinski definition) is 4. The number of nitrogens with one attached hydrogen (secondary N) is 1. The van der Waals surface area contributed by atoms with Crippen molar-refractivity contribution in [2.45, 2.75) is 25.7 Å². The Balaban J connectivity index is 1.90. The Bertz CT molecular complexity index is 204. The zero-order chi connectivity index (χ0) is 10.7. The van der Waals surface area contributed by atoms with Gasteiger partial charge in [0.25, 0.3) is 0 Å². The maximum Gasteiger partial charge on any atom is 0.234 e. The zero-order valence-electron chi connectivity index (χ0n) is 9.84. The van der Waals surface area contributed by atoms with Gasteiger partial charge in [-0.3, -0.25) is 5.84 Å². The molecule has 0 aromatic heterocycles.